The van der Waals surface area contributed by atoms with Crippen molar-refractivity contribution in [1.29, 1.82) is 0 Å². The Hall–Kier alpha value is -1.75. The third kappa shape index (κ3) is 1.49. The molecule has 0 fully saturated rings. The van der Waals surface area contributed by atoms with E-state index < -0.39 is 0 Å². The molecule has 0 saturated carbocycles. The van der Waals surface area contributed by atoms with Crippen LogP contribution in [0.15, 0.2) is 23.7 Å². The highest BCUT2D eigenvalue weighted by atomic mass is 32.1. The van der Waals surface area contributed by atoms with Gasteiger partial charge in [0.05, 0.1) is 10.4 Å². The molecular weight excluding hydrogens is 198 g/mol. The van der Waals surface area contributed by atoms with E-state index in [0.717, 1.165) is 4.88 Å². The van der Waals surface area contributed by atoms with E-state index in [1.165, 1.54) is 17.5 Å². The minimum absolute atomic E-state index is 0.221. The van der Waals surface area contributed by atoms with Crippen molar-refractivity contribution in [1.82, 2.24) is 9.97 Å². The van der Waals surface area contributed by atoms with E-state index in [4.69, 9.17) is 5.73 Å². The quantitative estimate of drug-likeness (QED) is 0.756. The number of aldehydes is 1. The molecule has 0 aliphatic carbocycles. The maximum Gasteiger partial charge on any atom is 0.171 e. The van der Waals surface area contributed by atoms with Gasteiger partial charge in [0, 0.05) is 6.20 Å². The van der Waals surface area contributed by atoms with Crippen LogP contribution in [0.1, 0.15) is 10.4 Å². The lowest BCUT2D eigenvalue weighted by Gasteiger charge is -1.99. The van der Waals surface area contributed by atoms with Gasteiger partial charge < -0.3 is 5.73 Å². The number of carbonyl (C=O) groups excluding carboxylic acids is 1. The molecule has 2 heterocycles. The molecule has 2 N–H and O–H groups in total. The van der Waals surface area contributed by atoms with Gasteiger partial charge in [0.15, 0.2) is 12.1 Å². The predicted molar refractivity (Wildman–Crippen MR) is 55.1 cm³/mol. The molecule has 2 rings (SSSR count). The van der Waals surface area contributed by atoms with Gasteiger partial charge >= 0.3 is 0 Å². The van der Waals surface area contributed by atoms with Crippen LogP contribution >= 0.6 is 11.3 Å². The van der Waals surface area contributed by atoms with Crippen LogP contribution in [-0.2, 0) is 0 Å². The second-order valence-electron chi connectivity index (χ2n) is 2.63. The third-order valence-corrected chi connectivity index (χ3v) is 2.58. The number of rotatable bonds is 2. The molecule has 0 aromatic carbocycles. The van der Waals surface area contributed by atoms with E-state index >= 15 is 0 Å². The van der Waals surface area contributed by atoms with Crippen LogP contribution in [0.2, 0.25) is 0 Å². The zero-order valence-electron chi connectivity index (χ0n) is 7.18. The van der Waals surface area contributed by atoms with Crippen molar-refractivity contribution >= 4 is 23.4 Å². The van der Waals surface area contributed by atoms with Gasteiger partial charge in [0.2, 0.25) is 0 Å². The summed E-state index contributed by atoms with van der Waals surface area (Å²) in [6.45, 7) is 0. The first-order valence-corrected chi connectivity index (χ1v) is 4.81. The van der Waals surface area contributed by atoms with Crippen molar-refractivity contribution in [2.24, 2.45) is 0 Å². The summed E-state index contributed by atoms with van der Waals surface area (Å²) in [5.41, 5.74) is 5.88. The Morgan fingerprint density at radius 1 is 1.50 bits per heavy atom. The Bertz CT molecular complexity index is 453. The molecule has 0 amide bonds. The van der Waals surface area contributed by atoms with Gasteiger partial charge in [0.1, 0.15) is 5.82 Å². The summed E-state index contributed by atoms with van der Waals surface area (Å²) in [5.74, 6) is 0.779. The summed E-state index contributed by atoms with van der Waals surface area (Å²) in [4.78, 5) is 19.5. The molecule has 4 nitrogen and oxygen atoms in total. The van der Waals surface area contributed by atoms with Crippen LogP contribution in [0.3, 0.4) is 0 Å². The average Bonchev–Trinajstić information content (AvgIpc) is 2.70. The molecule has 2 aromatic rings. The molecule has 70 valence electrons. The van der Waals surface area contributed by atoms with Crippen molar-refractivity contribution < 1.29 is 4.79 Å². The number of hydrogen-bond donors (Lipinski definition) is 1. The SMILES string of the molecule is Nc1nc(-c2cccs2)ncc1C=O. The lowest BCUT2D eigenvalue weighted by Crippen LogP contribution is -1.99. The number of nitrogens with zero attached hydrogens (tertiary/aromatic N) is 2. The van der Waals surface area contributed by atoms with Gasteiger partial charge in [-0.25, -0.2) is 9.97 Å². The fourth-order valence-corrected chi connectivity index (χ4v) is 1.68. The molecule has 0 spiro atoms. The normalized spacial score (nSPS) is 10.0. The Balaban J connectivity index is 2.48. The fourth-order valence-electron chi connectivity index (χ4n) is 1.02. The van der Waals surface area contributed by atoms with Gasteiger partial charge in [0.25, 0.3) is 0 Å². The summed E-state index contributed by atoms with van der Waals surface area (Å²) in [5, 5.41) is 1.93. The predicted octanol–water partition coefficient (Wildman–Crippen LogP) is 1.60. The summed E-state index contributed by atoms with van der Waals surface area (Å²) < 4.78 is 0. The van der Waals surface area contributed by atoms with E-state index in [0.29, 0.717) is 17.7 Å². The number of nitrogen functional groups attached to an aromatic ring is 1. The monoisotopic (exact) mass is 205 g/mol. The van der Waals surface area contributed by atoms with Gasteiger partial charge in [-0.15, -0.1) is 11.3 Å². The van der Waals surface area contributed by atoms with Crippen molar-refractivity contribution in [2.45, 2.75) is 0 Å². The fraction of sp³-hybridized carbons (Fsp3) is 0. The molecule has 5 heteroatoms. The number of aromatic nitrogens is 2. The minimum atomic E-state index is 0.221. The Kier molecular flexibility index (Phi) is 2.24. The van der Waals surface area contributed by atoms with Crippen molar-refractivity contribution in [3.8, 4) is 10.7 Å². The molecule has 14 heavy (non-hydrogen) atoms. The summed E-state index contributed by atoms with van der Waals surface area (Å²) >= 11 is 1.53. The van der Waals surface area contributed by atoms with E-state index in [1.54, 1.807) is 0 Å². The number of thiophene rings is 1. The number of hydrogen-bond acceptors (Lipinski definition) is 5. The molecule has 0 aliphatic rings. The first-order chi connectivity index (χ1) is 6.81. The summed E-state index contributed by atoms with van der Waals surface area (Å²) in [6, 6.07) is 3.81. The summed E-state index contributed by atoms with van der Waals surface area (Å²) in [7, 11) is 0. The first-order valence-electron chi connectivity index (χ1n) is 3.93. The van der Waals surface area contributed by atoms with Crippen molar-refractivity contribution in [2.75, 3.05) is 5.73 Å². The zero-order valence-corrected chi connectivity index (χ0v) is 7.99. The maximum atomic E-state index is 10.5. The number of carbonyl (C=O) groups is 1. The molecule has 0 aliphatic heterocycles. The van der Waals surface area contributed by atoms with Crippen LogP contribution in [0.5, 0.6) is 0 Å². The average molecular weight is 205 g/mol. The van der Waals surface area contributed by atoms with Gasteiger partial charge in [-0.05, 0) is 11.4 Å². The Morgan fingerprint density at radius 2 is 2.36 bits per heavy atom. The van der Waals surface area contributed by atoms with Crippen LogP contribution in [-0.4, -0.2) is 16.3 Å². The molecular formula is C9H7N3OS. The molecule has 0 bridgehead atoms. The van der Waals surface area contributed by atoms with Crippen molar-refractivity contribution in [3.63, 3.8) is 0 Å². The topological polar surface area (TPSA) is 68.9 Å². The van der Waals surface area contributed by atoms with Crippen LogP contribution in [0.4, 0.5) is 5.82 Å². The molecule has 2 aromatic heterocycles. The van der Waals surface area contributed by atoms with Crippen molar-refractivity contribution in [3.05, 3.63) is 29.3 Å². The van der Waals surface area contributed by atoms with Crippen LogP contribution < -0.4 is 5.73 Å². The molecule has 0 atom stereocenters. The standard InChI is InChI=1S/C9H7N3OS/c10-8-6(5-13)4-11-9(12-8)7-2-1-3-14-7/h1-5H,(H2,10,11,12). The van der Waals surface area contributed by atoms with Crippen LogP contribution in [0, 0.1) is 0 Å². The number of nitrogens with two attached hydrogens (primary N) is 1. The highest BCUT2D eigenvalue weighted by molar-refractivity contribution is 7.13. The molecule has 0 radical (unpaired) electrons. The second-order valence-corrected chi connectivity index (χ2v) is 3.58. The first kappa shape index (κ1) is 8.83. The Labute approximate surface area is 84.4 Å². The molecule has 0 saturated heterocycles. The van der Waals surface area contributed by atoms with E-state index in [2.05, 4.69) is 9.97 Å². The molecule has 0 unspecified atom stereocenters. The van der Waals surface area contributed by atoms with Crippen LogP contribution in [0.25, 0.3) is 10.7 Å². The highest BCUT2D eigenvalue weighted by Gasteiger charge is 2.05. The lowest BCUT2D eigenvalue weighted by molar-refractivity contribution is 0.112. The maximum absolute atomic E-state index is 10.5. The second kappa shape index (κ2) is 3.55. The minimum Gasteiger partial charge on any atom is -0.383 e. The summed E-state index contributed by atoms with van der Waals surface area (Å²) in [6.07, 6.45) is 2.08. The van der Waals surface area contributed by atoms with Gasteiger partial charge in [-0.3, -0.25) is 4.79 Å². The third-order valence-electron chi connectivity index (χ3n) is 1.72. The number of anilines is 1. The highest BCUT2D eigenvalue weighted by Crippen LogP contribution is 2.21. The zero-order chi connectivity index (χ0) is 9.97. The smallest absolute Gasteiger partial charge is 0.171 e. The van der Waals surface area contributed by atoms with Gasteiger partial charge in [-0.1, -0.05) is 6.07 Å². The largest absolute Gasteiger partial charge is 0.383 e. The van der Waals surface area contributed by atoms with E-state index in [1.807, 2.05) is 17.5 Å². The van der Waals surface area contributed by atoms with E-state index in [-0.39, 0.29) is 5.82 Å². The van der Waals surface area contributed by atoms with Gasteiger partial charge in [-0.2, -0.15) is 0 Å². The Morgan fingerprint density at radius 3 is 2.93 bits per heavy atom. The van der Waals surface area contributed by atoms with E-state index in [9.17, 15) is 4.79 Å². The lowest BCUT2D eigenvalue weighted by atomic mass is 10.3.